The summed E-state index contributed by atoms with van der Waals surface area (Å²) in [7, 11) is 0. The molecule has 5 nitrogen and oxygen atoms in total. The molecule has 3 aliphatic heterocycles. The number of carbonyl (C=O) groups is 1. The normalized spacial score (nSPS) is 28.2. The van der Waals surface area contributed by atoms with Crippen molar-refractivity contribution in [3.8, 4) is 0 Å². The Morgan fingerprint density at radius 3 is 2.79 bits per heavy atom. The van der Waals surface area contributed by atoms with Gasteiger partial charge in [0.25, 0.3) is 0 Å². The van der Waals surface area contributed by atoms with Crippen LogP contribution in [-0.2, 0) is 9.53 Å². The molecular weight excluding hydrogens is 376 g/mol. The van der Waals surface area contributed by atoms with E-state index in [-0.39, 0.29) is 23.4 Å². The fraction of sp³-hybridized carbons (Fsp3) is 0.591. The predicted octanol–water partition coefficient (Wildman–Crippen LogP) is 2.97. The number of hydrogen-bond acceptors (Lipinski definition) is 4. The van der Waals surface area contributed by atoms with Gasteiger partial charge in [0.1, 0.15) is 17.7 Å². The molecule has 4 rings (SSSR count). The summed E-state index contributed by atoms with van der Waals surface area (Å²) in [5.41, 5.74) is 8.99. The van der Waals surface area contributed by atoms with E-state index in [1.807, 2.05) is 18.7 Å². The van der Waals surface area contributed by atoms with E-state index in [2.05, 4.69) is 4.90 Å². The van der Waals surface area contributed by atoms with Crippen LogP contribution in [0.1, 0.15) is 44.8 Å². The van der Waals surface area contributed by atoms with Gasteiger partial charge in [-0.3, -0.25) is 9.69 Å². The van der Waals surface area contributed by atoms with Gasteiger partial charge in [-0.25, -0.2) is 8.78 Å². The highest BCUT2D eigenvalue weighted by Crippen LogP contribution is 2.36. The van der Waals surface area contributed by atoms with Crippen LogP contribution in [0.5, 0.6) is 0 Å². The predicted molar refractivity (Wildman–Crippen MR) is 106 cm³/mol. The summed E-state index contributed by atoms with van der Waals surface area (Å²) >= 11 is 0. The third kappa shape index (κ3) is 3.96. The molecule has 29 heavy (non-hydrogen) atoms. The molecule has 0 radical (unpaired) electrons. The Bertz CT molecular complexity index is 826. The maximum absolute atomic E-state index is 14.2. The Hall–Kier alpha value is -1.83. The first-order valence-electron chi connectivity index (χ1n) is 10.4. The second-order valence-corrected chi connectivity index (χ2v) is 8.68. The van der Waals surface area contributed by atoms with Gasteiger partial charge in [-0.1, -0.05) is 13.8 Å². The minimum atomic E-state index is -0.647. The number of carbonyl (C=O) groups excluding carboxylic acids is 1. The summed E-state index contributed by atoms with van der Waals surface area (Å²) in [5, 5.41) is 0. The van der Waals surface area contributed by atoms with Crippen LogP contribution in [0.4, 0.5) is 8.78 Å². The average Bonchev–Trinajstić information content (AvgIpc) is 3.13. The van der Waals surface area contributed by atoms with Crippen molar-refractivity contribution >= 4 is 5.91 Å². The molecule has 1 saturated heterocycles. The lowest BCUT2D eigenvalue weighted by Crippen LogP contribution is -2.49. The Balaban J connectivity index is 1.43. The molecule has 7 heteroatoms. The summed E-state index contributed by atoms with van der Waals surface area (Å²) in [6.07, 6.45) is 2.00. The number of nitrogens with two attached hydrogens (primary N) is 1. The molecule has 0 aliphatic carbocycles. The lowest BCUT2D eigenvalue weighted by Gasteiger charge is -2.39. The lowest BCUT2D eigenvalue weighted by atomic mass is 9.93. The Morgan fingerprint density at radius 2 is 2.07 bits per heavy atom. The van der Waals surface area contributed by atoms with E-state index in [0.717, 1.165) is 43.8 Å². The van der Waals surface area contributed by atoms with Crippen LogP contribution >= 0.6 is 0 Å². The van der Waals surface area contributed by atoms with E-state index >= 15 is 0 Å². The zero-order chi connectivity index (χ0) is 20.7. The minimum absolute atomic E-state index is 0.0238. The van der Waals surface area contributed by atoms with Gasteiger partial charge in [0, 0.05) is 48.9 Å². The van der Waals surface area contributed by atoms with Crippen molar-refractivity contribution in [2.75, 3.05) is 26.2 Å². The van der Waals surface area contributed by atoms with Gasteiger partial charge >= 0.3 is 0 Å². The standard InChI is InChI=1S/C22H29F2N3O2/c1-13(2)22(28)27-7-3-4-14-10-26(11-20(14)27)16-9-19(25)21(29-12-16)17-8-15(23)5-6-18(17)24/h5-6,8,13,16,19,21H,3-4,7,9-12,25H2,1-2H3. The van der Waals surface area contributed by atoms with Gasteiger partial charge in [0.15, 0.2) is 0 Å². The topological polar surface area (TPSA) is 58.8 Å². The van der Waals surface area contributed by atoms with Crippen LogP contribution in [0.15, 0.2) is 29.5 Å². The molecule has 0 spiro atoms. The molecule has 0 aromatic heterocycles. The number of hydrogen-bond donors (Lipinski definition) is 1. The van der Waals surface area contributed by atoms with Gasteiger partial charge in [-0.05, 0) is 43.0 Å². The van der Waals surface area contributed by atoms with E-state index in [0.29, 0.717) is 19.6 Å². The summed E-state index contributed by atoms with van der Waals surface area (Å²) in [6, 6.07) is 3.06. The summed E-state index contributed by atoms with van der Waals surface area (Å²) in [6.45, 7) is 6.59. The Kier molecular flexibility index (Phi) is 5.73. The van der Waals surface area contributed by atoms with E-state index in [1.165, 1.54) is 11.6 Å². The molecule has 2 N–H and O–H groups in total. The molecule has 1 aromatic rings. The molecule has 1 amide bonds. The maximum Gasteiger partial charge on any atom is 0.229 e. The Labute approximate surface area is 170 Å². The van der Waals surface area contributed by atoms with E-state index in [4.69, 9.17) is 10.5 Å². The van der Waals surface area contributed by atoms with Gasteiger partial charge in [-0.2, -0.15) is 0 Å². The highest BCUT2D eigenvalue weighted by Gasteiger charge is 2.39. The molecule has 3 atom stereocenters. The third-order valence-electron chi connectivity index (χ3n) is 6.28. The van der Waals surface area contributed by atoms with Crippen LogP contribution in [0.25, 0.3) is 0 Å². The molecule has 3 unspecified atom stereocenters. The van der Waals surface area contributed by atoms with Crippen molar-refractivity contribution in [2.24, 2.45) is 11.7 Å². The number of amides is 1. The van der Waals surface area contributed by atoms with E-state index in [9.17, 15) is 13.6 Å². The summed E-state index contributed by atoms with van der Waals surface area (Å²) in [4.78, 5) is 16.9. The number of nitrogens with zero attached hydrogens (tertiary/aromatic N) is 2. The van der Waals surface area contributed by atoms with Crippen LogP contribution in [0, 0.1) is 17.6 Å². The van der Waals surface area contributed by atoms with Crippen molar-refractivity contribution in [3.63, 3.8) is 0 Å². The van der Waals surface area contributed by atoms with Gasteiger partial charge in [0.2, 0.25) is 5.91 Å². The number of halogens is 2. The highest BCUT2D eigenvalue weighted by atomic mass is 19.1. The molecule has 3 heterocycles. The molecule has 1 fully saturated rings. The zero-order valence-electron chi connectivity index (χ0n) is 17.0. The minimum Gasteiger partial charge on any atom is -0.370 e. The SMILES string of the molecule is CC(C)C(=O)N1CCCC2=C1CN(C1COC(c3cc(F)ccc3F)C(N)C1)C2. The second-order valence-electron chi connectivity index (χ2n) is 8.68. The number of benzene rings is 1. The summed E-state index contributed by atoms with van der Waals surface area (Å²) in [5.74, 6) is -0.835. The summed E-state index contributed by atoms with van der Waals surface area (Å²) < 4.78 is 33.7. The van der Waals surface area contributed by atoms with Gasteiger partial charge < -0.3 is 15.4 Å². The first-order chi connectivity index (χ1) is 13.8. The van der Waals surface area contributed by atoms with Crippen molar-refractivity contribution in [1.29, 1.82) is 0 Å². The first-order valence-corrected chi connectivity index (χ1v) is 10.4. The number of rotatable bonds is 3. The largest absolute Gasteiger partial charge is 0.370 e. The van der Waals surface area contributed by atoms with Crippen molar-refractivity contribution in [2.45, 2.75) is 51.3 Å². The van der Waals surface area contributed by atoms with Crippen molar-refractivity contribution in [3.05, 3.63) is 46.7 Å². The van der Waals surface area contributed by atoms with Gasteiger partial charge in [0.05, 0.1) is 6.61 Å². The average molecular weight is 405 g/mol. The fourth-order valence-electron chi connectivity index (χ4n) is 4.75. The lowest BCUT2D eigenvalue weighted by molar-refractivity contribution is -0.133. The molecule has 158 valence electrons. The van der Waals surface area contributed by atoms with Crippen LogP contribution in [0.3, 0.4) is 0 Å². The number of ether oxygens (including phenoxy) is 1. The molecule has 3 aliphatic rings. The quantitative estimate of drug-likeness (QED) is 0.840. The highest BCUT2D eigenvalue weighted by molar-refractivity contribution is 5.80. The smallest absolute Gasteiger partial charge is 0.229 e. The monoisotopic (exact) mass is 405 g/mol. The first kappa shape index (κ1) is 20.4. The van der Waals surface area contributed by atoms with Crippen molar-refractivity contribution in [1.82, 2.24) is 9.80 Å². The Morgan fingerprint density at radius 1 is 1.28 bits per heavy atom. The fourth-order valence-corrected chi connectivity index (χ4v) is 4.75. The van der Waals surface area contributed by atoms with Gasteiger partial charge in [-0.15, -0.1) is 0 Å². The molecule has 0 bridgehead atoms. The van der Waals surface area contributed by atoms with E-state index < -0.39 is 23.8 Å². The van der Waals surface area contributed by atoms with Crippen LogP contribution in [-0.4, -0.2) is 54.0 Å². The molecule has 1 aromatic carbocycles. The zero-order valence-corrected chi connectivity index (χ0v) is 17.0. The molecular formula is C22H29F2N3O2. The molecule has 0 saturated carbocycles. The van der Waals surface area contributed by atoms with Crippen molar-refractivity contribution < 1.29 is 18.3 Å². The van der Waals surface area contributed by atoms with Crippen LogP contribution in [0.2, 0.25) is 0 Å². The second kappa shape index (κ2) is 8.13. The van der Waals surface area contributed by atoms with E-state index in [1.54, 1.807) is 0 Å². The van der Waals surface area contributed by atoms with Crippen LogP contribution < -0.4 is 5.73 Å². The maximum atomic E-state index is 14.2. The third-order valence-corrected chi connectivity index (χ3v) is 6.28.